The third kappa shape index (κ3) is 4.39. The quantitative estimate of drug-likeness (QED) is 0.824. The van der Waals surface area contributed by atoms with Crippen molar-refractivity contribution in [3.63, 3.8) is 0 Å². The molecule has 0 unspecified atom stereocenters. The second-order valence-electron chi connectivity index (χ2n) is 6.28. The number of hydrogen-bond donors (Lipinski definition) is 2. The van der Waals surface area contributed by atoms with Crippen LogP contribution in [0.5, 0.6) is 0 Å². The summed E-state index contributed by atoms with van der Waals surface area (Å²) in [6.07, 6.45) is 3.58. The van der Waals surface area contributed by atoms with Gasteiger partial charge in [-0.25, -0.2) is 0 Å². The van der Waals surface area contributed by atoms with Crippen molar-refractivity contribution in [1.82, 2.24) is 25.6 Å². The predicted octanol–water partition coefficient (Wildman–Crippen LogP) is 2.44. The minimum Gasteiger partial charge on any atom is -0.317 e. The molecule has 0 atom stereocenters. The summed E-state index contributed by atoms with van der Waals surface area (Å²) in [6.45, 7) is 7.17. The fourth-order valence-electron chi connectivity index (χ4n) is 3.10. The van der Waals surface area contributed by atoms with Crippen LogP contribution in [0.15, 0.2) is 30.3 Å². The van der Waals surface area contributed by atoms with E-state index in [0.29, 0.717) is 0 Å². The van der Waals surface area contributed by atoms with Crippen LogP contribution in [0.1, 0.15) is 31.9 Å². The lowest BCUT2D eigenvalue weighted by Gasteiger charge is -2.22. The monoisotopic (exact) mass is 313 g/mol. The Labute approximate surface area is 138 Å². The highest BCUT2D eigenvalue weighted by Gasteiger charge is 2.15. The molecule has 1 aromatic carbocycles. The van der Waals surface area contributed by atoms with Crippen LogP contribution >= 0.6 is 0 Å². The maximum Gasteiger partial charge on any atom is 0.117 e. The van der Waals surface area contributed by atoms with Gasteiger partial charge >= 0.3 is 0 Å². The third-order valence-corrected chi connectivity index (χ3v) is 4.38. The number of nitrogens with zero attached hydrogens (tertiary/aromatic N) is 3. The van der Waals surface area contributed by atoms with Crippen LogP contribution < -0.4 is 10.6 Å². The topological polar surface area (TPSA) is 54.8 Å². The molecule has 1 fully saturated rings. The van der Waals surface area contributed by atoms with Gasteiger partial charge in [0.25, 0.3) is 0 Å². The number of benzene rings is 1. The minimum absolute atomic E-state index is 0.780. The molecule has 0 radical (unpaired) electrons. The minimum atomic E-state index is 0.780. The van der Waals surface area contributed by atoms with Crippen molar-refractivity contribution in [3.8, 4) is 11.3 Å². The first-order chi connectivity index (χ1) is 11.4. The number of aryl methyl sites for hydroxylation is 1. The number of piperidine rings is 1. The smallest absolute Gasteiger partial charge is 0.117 e. The van der Waals surface area contributed by atoms with Crippen LogP contribution in [0, 0.1) is 5.92 Å². The average molecular weight is 313 g/mol. The number of aromatic nitrogens is 3. The van der Waals surface area contributed by atoms with E-state index < -0.39 is 0 Å². The summed E-state index contributed by atoms with van der Waals surface area (Å²) in [5, 5.41) is 16.4. The molecule has 5 heteroatoms. The number of nitrogens with one attached hydrogen (secondary N) is 2. The van der Waals surface area contributed by atoms with E-state index in [1.54, 1.807) is 0 Å². The van der Waals surface area contributed by atoms with Crippen LogP contribution in [-0.2, 0) is 13.1 Å². The van der Waals surface area contributed by atoms with Gasteiger partial charge in [0, 0.05) is 12.1 Å². The van der Waals surface area contributed by atoms with E-state index in [0.717, 1.165) is 62.0 Å². The van der Waals surface area contributed by atoms with Crippen molar-refractivity contribution < 1.29 is 0 Å². The van der Waals surface area contributed by atoms with E-state index in [4.69, 9.17) is 5.10 Å². The van der Waals surface area contributed by atoms with Gasteiger partial charge in [-0.3, -0.25) is 0 Å². The molecule has 1 aliphatic heterocycles. The SMILES string of the molecule is CCCn1nc(CNCC2CCNCC2)c(-c2ccccc2)n1. The highest BCUT2D eigenvalue weighted by molar-refractivity contribution is 5.60. The standard InChI is InChI=1S/C18H27N5/c1-2-12-23-21-17(14-20-13-15-8-10-19-11-9-15)18(22-23)16-6-4-3-5-7-16/h3-7,15,19-20H,2,8-14H2,1H3. The molecule has 2 N–H and O–H groups in total. The van der Waals surface area contributed by atoms with Crippen molar-refractivity contribution >= 4 is 0 Å². The molecule has 0 bridgehead atoms. The first kappa shape index (κ1) is 16.1. The zero-order valence-electron chi connectivity index (χ0n) is 14.0. The Morgan fingerprint density at radius 3 is 2.70 bits per heavy atom. The van der Waals surface area contributed by atoms with Crippen molar-refractivity contribution in [2.24, 2.45) is 5.92 Å². The lowest BCUT2D eigenvalue weighted by molar-refractivity contribution is 0.355. The van der Waals surface area contributed by atoms with Crippen molar-refractivity contribution in [3.05, 3.63) is 36.0 Å². The summed E-state index contributed by atoms with van der Waals surface area (Å²) >= 11 is 0. The van der Waals surface area contributed by atoms with Gasteiger partial charge in [0.15, 0.2) is 0 Å². The summed E-state index contributed by atoms with van der Waals surface area (Å²) in [5.74, 6) is 0.780. The van der Waals surface area contributed by atoms with Gasteiger partial charge in [-0.05, 0) is 44.8 Å². The Hall–Kier alpha value is -1.72. The fraction of sp³-hybridized carbons (Fsp3) is 0.556. The average Bonchev–Trinajstić information content (AvgIpc) is 3.00. The molecular weight excluding hydrogens is 286 g/mol. The Morgan fingerprint density at radius 1 is 1.17 bits per heavy atom. The summed E-state index contributed by atoms with van der Waals surface area (Å²) in [4.78, 5) is 1.84. The Bertz CT molecular complexity index is 587. The highest BCUT2D eigenvalue weighted by Crippen LogP contribution is 2.20. The fourth-order valence-corrected chi connectivity index (χ4v) is 3.10. The summed E-state index contributed by atoms with van der Waals surface area (Å²) in [6, 6.07) is 10.4. The first-order valence-corrected chi connectivity index (χ1v) is 8.77. The van der Waals surface area contributed by atoms with Crippen molar-refractivity contribution in [2.75, 3.05) is 19.6 Å². The second-order valence-corrected chi connectivity index (χ2v) is 6.28. The first-order valence-electron chi connectivity index (χ1n) is 8.77. The second kappa shape index (κ2) is 8.22. The molecule has 5 nitrogen and oxygen atoms in total. The van der Waals surface area contributed by atoms with Crippen molar-refractivity contribution in [1.29, 1.82) is 0 Å². The molecule has 1 aromatic heterocycles. The summed E-state index contributed by atoms with van der Waals surface area (Å²) in [7, 11) is 0. The van der Waals surface area contributed by atoms with Gasteiger partial charge in [0.2, 0.25) is 0 Å². The summed E-state index contributed by atoms with van der Waals surface area (Å²) < 4.78 is 0. The van der Waals surface area contributed by atoms with Gasteiger partial charge < -0.3 is 10.6 Å². The van der Waals surface area contributed by atoms with Gasteiger partial charge in [-0.1, -0.05) is 37.3 Å². The maximum absolute atomic E-state index is 4.69. The Kier molecular flexibility index (Phi) is 5.77. The number of hydrogen-bond acceptors (Lipinski definition) is 4. The highest BCUT2D eigenvalue weighted by atomic mass is 15.5. The van der Waals surface area contributed by atoms with Crippen LogP contribution in [0.2, 0.25) is 0 Å². The van der Waals surface area contributed by atoms with E-state index >= 15 is 0 Å². The van der Waals surface area contributed by atoms with Crippen LogP contribution in [0.25, 0.3) is 11.3 Å². The Morgan fingerprint density at radius 2 is 1.96 bits per heavy atom. The van der Waals surface area contributed by atoms with Gasteiger partial charge in [0.05, 0.1) is 6.54 Å². The van der Waals surface area contributed by atoms with E-state index in [2.05, 4.69) is 46.9 Å². The van der Waals surface area contributed by atoms with E-state index in [9.17, 15) is 0 Å². The van der Waals surface area contributed by atoms with Gasteiger partial charge in [-0.15, -0.1) is 0 Å². The molecular formula is C18H27N5. The van der Waals surface area contributed by atoms with E-state index in [1.807, 2.05) is 10.9 Å². The summed E-state index contributed by atoms with van der Waals surface area (Å²) in [5.41, 5.74) is 3.21. The molecule has 1 saturated heterocycles. The number of rotatable bonds is 7. The molecule has 0 aliphatic carbocycles. The van der Waals surface area contributed by atoms with E-state index in [-0.39, 0.29) is 0 Å². The third-order valence-electron chi connectivity index (χ3n) is 4.38. The van der Waals surface area contributed by atoms with Gasteiger partial charge in [-0.2, -0.15) is 15.0 Å². The molecule has 2 aromatic rings. The Balaban J connectivity index is 1.67. The van der Waals surface area contributed by atoms with Gasteiger partial charge in [0.1, 0.15) is 11.4 Å². The normalized spacial score (nSPS) is 15.9. The molecule has 23 heavy (non-hydrogen) atoms. The molecule has 3 rings (SSSR count). The maximum atomic E-state index is 4.69. The largest absolute Gasteiger partial charge is 0.317 e. The van der Waals surface area contributed by atoms with Crippen LogP contribution in [-0.4, -0.2) is 34.6 Å². The molecule has 124 valence electrons. The van der Waals surface area contributed by atoms with Crippen molar-refractivity contribution in [2.45, 2.75) is 39.3 Å². The lowest BCUT2D eigenvalue weighted by Crippen LogP contribution is -2.33. The molecule has 2 heterocycles. The zero-order chi connectivity index (χ0) is 15.9. The van der Waals surface area contributed by atoms with E-state index in [1.165, 1.54) is 12.8 Å². The molecule has 0 spiro atoms. The zero-order valence-corrected chi connectivity index (χ0v) is 14.0. The lowest BCUT2D eigenvalue weighted by atomic mass is 9.98. The molecule has 1 aliphatic rings. The predicted molar refractivity (Wildman–Crippen MR) is 93.0 cm³/mol. The molecule has 0 amide bonds. The molecule has 0 saturated carbocycles. The van der Waals surface area contributed by atoms with Crippen LogP contribution in [0.3, 0.4) is 0 Å². The van der Waals surface area contributed by atoms with Crippen LogP contribution in [0.4, 0.5) is 0 Å².